The Morgan fingerprint density at radius 1 is 1.00 bits per heavy atom. The average Bonchev–Trinajstić information content (AvgIpc) is 2.77. The van der Waals surface area contributed by atoms with Gasteiger partial charge in [-0.15, -0.1) is 0 Å². The number of sulfonamides is 1. The van der Waals surface area contributed by atoms with Crippen LogP contribution >= 0.6 is 0 Å². The number of benzene rings is 3. The molecule has 3 aromatic rings. The number of anilines is 1. The lowest BCUT2D eigenvalue weighted by Crippen LogP contribution is -2.31. The van der Waals surface area contributed by atoms with Crippen LogP contribution < -0.4 is 9.04 Å². The van der Waals surface area contributed by atoms with Crippen molar-refractivity contribution in [1.29, 1.82) is 0 Å². The van der Waals surface area contributed by atoms with Crippen LogP contribution in [0.1, 0.15) is 11.1 Å². The topological polar surface area (TPSA) is 59.0 Å². The predicted octanol–water partition coefficient (Wildman–Crippen LogP) is 5.07. The van der Waals surface area contributed by atoms with Gasteiger partial charge in [0, 0.05) is 5.56 Å². The minimum atomic E-state index is -3.93. The number of hydrogen-bond donors (Lipinski definition) is 0. The van der Waals surface area contributed by atoms with Gasteiger partial charge in [-0.3, -0.25) is 9.30 Å². The zero-order valence-corrected chi connectivity index (χ0v) is 17.0. The molecular weight excluding hydrogens is 384 g/mol. The summed E-state index contributed by atoms with van der Waals surface area (Å²) in [5.74, 6) is 0.433. The summed E-state index contributed by atoms with van der Waals surface area (Å²) in [6, 6.07) is 21.5. The Kier molecular flexibility index (Phi) is 6.14. The van der Waals surface area contributed by atoms with Crippen LogP contribution in [-0.2, 0) is 16.6 Å². The lowest BCUT2D eigenvalue weighted by Gasteiger charge is -2.26. The molecule has 148 valence electrons. The molecule has 0 bridgehead atoms. The van der Waals surface area contributed by atoms with Crippen LogP contribution in [0.15, 0.2) is 89.3 Å². The number of methoxy groups -OCH3 is 1. The minimum Gasteiger partial charge on any atom is -0.494 e. The van der Waals surface area contributed by atoms with E-state index >= 15 is 0 Å². The van der Waals surface area contributed by atoms with E-state index < -0.39 is 10.0 Å². The van der Waals surface area contributed by atoms with Crippen LogP contribution in [0.4, 0.5) is 11.4 Å². The average molecular weight is 407 g/mol. The molecule has 29 heavy (non-hydrogen) atoms. The van der Waals surface area contributed by atoms with Gasteiger partial charge in [-0.05, 0) is 36.5 Å². The third-order valence-electron chi connectivity index (χ3n) is 4.50. The molecule has 0 spiro atoms. The van der Waals surface area contributed by atoms with E-state index in [1.165, 1.54) is 23.6 Å². The number of ether oxygens (including phenoxy) is 1. The van der Waals surface area contributed by atoms with Crippen molar-refractivity contribution in [2.75, 3.05) is 11.4 Å². The summed E-state index contributed by atoms with van der Waals surface area (Å²) in [7, 11) is -2.44. The lowest BCUT2D eigenvalue weighted by molar-refractivity contribution is 0.416. The van der Waals surface area contributed by atoms with Crippen LogP contribution in [0.3, 0.4) is 0 Å². The molecule has 5 nitrogen and oxygen atoms in total. The molecule has 0 saturated heterocycles. The van der Waals surface area contributed by atoms with Gasteiger partial charge in [0.1, 0.15) is 11.4 Å². The second kappa shape index (κ2) is 8.75. The first-order valence-electron chi connectivity index (χ1n) is 8.94. The van der Waals surface area contributed by atoms with E-state index in [0.717, 1.165) is 5.56 Å². The first-order valence-corrected chi connectivity index (χ1v) is 10.4. The number of nitrogens with zero attached hydrogens (tertiary/aromatic N) is 2. The summed E-state index contributed by atoms with van der Waals surface area (Å²) in [4.78, 5) is 4.07. The van der Waals surface area contributed by atoms with Gasteiger partial charge in [-0.1, -0.05) is 61.2 Å². The molecule has 0 N–H and O–H groups in total. The molecule has 0 aliphatic carbocycles. The Morgan fingerprint density at radius 2 is 1.62 bits per heavy atom. The van der Waals surface area contributed by atoms with Crippen LogP contribution in [0, 0.1) is 0 Å². The smallest absolute Gasteiger partial charge is 0.265 e. The van der Waals surface area contributed by atoms with Crippen LogP contribution in [-0.4, -0.2) is 22.2 Å². The SMILES string of the molecule is C=Cc1c(S(=O)(=O)N(Cc2ccccc2)c2ccccc2)ccc(OC)c1N=C. The molecule has 0 atom stereocenters. The lowest BCUT2D eigenvalue weighted by atomic mass is 10.1. The van der Waals surface area contributed by atoms with E-state index in [1.807, 2.05) is 48.5 Å². The summed E-state index contributed by atoms with van der Waals surface area (Å²) in [5, 5.41) is 0. The van der Waals surface area contributed by atoms with E-state index in [2.05, 4.69) is 18.3 Å². The third-order valence-corrected chi connectivity index (χ3v) is 6.34. The molecule has 0 fully saturated rings. The van der Waals surface area contributed by atoms with E-state index in [-0.39, 0.29) is 11.4 Å². The van der Waals surface area contributed by atoms with Crippen molar-refractivity contribution < 1.29 is 13.2 Å². The second-order valence-corrected chi connectivity index (χ2v) is 8.05. The van der Waals surface area contributed by atoms with Crippen molar-refractivity contribution in [3.05, 3.63) is 90.5 Å². The zero-order chi connectivity index (χ0) is 20.9. The second-order valence-electron chi connectivity index (χ2n) is 6.22. The molecule has 0 aromatic heterocycles. The maximum absolute atomic E-state index is 13.8. The molecule has 3 rings (SSSR count). The molecule has 0 amide bonds. The van der Waals surface area contributed by atoms with Gasteiger partial charge in [0.25, 0.3) is 10.0 Å². The number of para-hydroxylation sites is 1. The number of aliphatic imine (C=N–C) groups is 1. The summed E-state index contributed by atoms with van der Waals surface area (Å²) in [6.45, 7) is 7.52. The summed E-state index contributed by atoms with van der Waals surface area (Å²) in [6.07, 6.45) is 1.46. The normalized spacial score (nSPS) is 10.9. The highest BCUT2D eigenvalue weighted by Crippen LogP contribution is 2.38. The molecule has 6 heteroatoms. The van der Waals surface area contributed by atoms with Gasteiger partial charge in [0.05, 0.1) is 24.2 Å². The summed E-state index contributed by atoms with van der Waals surface area (Å²) in [5.41, 5.74) is 2.13. The van der Waals surface area contributed by atoms with Crippen LogP contribution in [0.2, 0.25) is 0 Å². The highest BCUT2D eigenvalue weighted by Gasteiger charge is 2.29. The fraction of sp³-hybridized carbons (Fsp3) is 0.0870. The first kappa shape index (κ1) is 20.4. The standard InChI is InChI=1S/C23H22N2O3S/c1-4-20-22(16-15-21(28-3)23(20)24-2)29(26,27)25(19-13-9-6-10-14-19)17-18-11-7-5-8-12-18/h4-16H,1-2,17H2,3H3. The van der Waals surface area contributed by atoms with Gasteiger partial charge in [-0.25, -0.2) is 8.42 Å². The highest BCUT2D eigenvalue weighted by atomic mass is 32.2. The predicted molar refractivity (Wildman–Crippen MR) is 119 cm³/mol. The molecule has 0 aliphatic heterocycles. The van der Waals surface area contributed by atoms with E-state index in [4.69, 9.17) is 4.74 Å². The van der Waals surface area contributed by atoms with Crippen molar-refractivity contribution in [3.8, 4) is 5.75 Å². The van der Waals surface area contributed by atoms with Gasteiger partial charge in [0.2, 0.25) is 0 Å². The maximum Gasteiger partial charge on any atom is 0.265 e. The van der Waals surface area contributed by atoms with E-state index in [9.17, 15) is 8.42 Å². The summed E-state index contributed by atoms with van der Waals surface area (Å²) < 4.78 is 34.2. The molecule has 3 aromatic carbocycles. The summed E-state index contributed by atoms with van der Waals surface area (Å²) >= 11 is 0. The molecule has 0 unspecified atom stereocenters. The van der Waals surface area contributed by atoms with Crippen molar-refractivity contribution in [2.45, 2.75) is 11.4 Å². The van der Waals surface area contributed by atoms with Crippen LogP contribution in [0.5, 0.6) is 5.75 Å². The monoisotopic (exact) mass is 406 g/mol. The van der Waals surface area contributed by atoms with E-state index in [0.29, 0.717) is 22.7 Å². The highest BCUT2D eigenvalue weighted by molar-refractivity contribution is 7.92. The Labute approximate surface area is 171 Å². The Bertz CT molecular complexity index is 1110. The molecule has 0 heterocycles. The zero-order valence-electron chi connectivity index (χ0n) is 16.2. The minimum absolute atomic E-state index is 0.0930. The van der Waals surface area contributed by atoms with Crippen molar-refractivity contribution in [3.63, 3.8) is 0 Å². The Hall–Kier alpha value is -3.38. The quantitative estimate of drug-likeness (QED) is 0.491. The molecule has 0 aliphatic rings. The van der Waals surface area contributed by atoms with Crippen LogP contribution in [0.25, 0.3) is 6.08 Å². The van der Waals surface area contributed by atoms with Gasteiger partial charge < -0.3 is 4.74 Å². The fourth-order valence-electron chi connectivity index (χ4n) is 3.10. The fourth-order valence-corrected chi connectivity index (χ4v) is 4.75. The van der Waals surface area contributed by atoms with Gasteiger partial charge in [0.15, 0.2) is 0 Å². The largest absolute Gasteiger partial charge is 0.494 e. The van der Waals surface area contributed by atoms with E-state index in [1.54, 1.807) is 18.2 Å². The Balaban J connectivity index is 2.20. The van der Waals surface area contributed by atoms with Crippen molar-refractivity contribution in [1.82, 2.24) is 0 Å². The van der Waals surface area contributed by atoms with Crippen molar-refractivity contribution >= 4 is 34.2 Å². The molecule has 0 saturated carbocycles. The third kappa shape index (κ3) is 4.07. The van der Waals surface area contributed by atoms with Gasteiger partial charge >= 0.3 is 0 Å². The number of rotatable bonds is 8. The Morgan fingerprint density at radius 3 is 2.17 bits per heavy atom. The van der Waals surface area contributed by atoms with Gasteiger partial charge in [-0.2, -0.15) is 0 Å². The first-order chi connectivity index (χ1) is 14.0. The van der Waals surface area contributed by atoms with Crippen molar-refractivity contribution in [2.24, 2.45) is 4.99 Å². The molecule has 0 radical (unpaired) electrons. The molecular formula is C23H22N2O3S. The number of hydrogen-bond acceptors (Lipinski definition) is 4. The maximum atomic E-state index is 13.8.